The van der Waals surface area contributed by atoms with Crippen LogP contribution in [0.25, 0.3) is 6.08 Å². The summed E-state index contributed by atoms with van der Waals surface area (Å²) in [4.78, 5) is 24.9. The molecule has 0 heterocycles. The maximum atomic E-state index is 12.6. The number of amides is 1. The van der Waals surface area contributed by atoms with Crippen LogP contribution in [0.1, 0.15) is 25.3 Å². The molecule has 24 heavy (non-hydrogen) atoms. The van der Waals surface area contributed by atoms with E-state index in [2.05, 4.69) is 6.92 Å². The van der Waals surface area contributed by atoms with Crippen molar-refractivity contribution in [2.24, 2.45) is 0 Å². The molecule has 0 aliphatic rings. The van der Waals surface area contributed by atoms with Crippen molar-refractivity contribution in [1.29, 1.82) is 0 Å². The molecule has 0 aliphatic heterocycles. The Morgan fingerprint density at radius 2 is 1.79 bits per heavy atom. The van der Waals surface area contributed by atoms with E-state index < -0.39 is 4.92 Å². The highest BCUT2D eigenvalue weighted by atomic mass is 16.6. The number of nitro benzene ring substituents is 1. The summed E-state index contributed by atoms with van der Waals surface area (Å²) in [5.41, 5.74) is 1.23. The summed E-state index contributed by atoms with van der Waals surface area (Å²) in [6.07, 6.45) is 4.76. The fraction of sp³-hybridized carbons (Fsp3) is 0.211. The summed E-state index contributed by atoms with van der Waals surface area (Å²) in [7, 11) is 0. The van der Waals surface area contributed by atoms with Gasteiger partial charge in [0.25, 0.3) is 11.6 Å². The molecule has 5 heteroatoms. The lowest BCUT2D eigenvalue weighted by Gasteiger charge is -2.21. The molecule has 2 aromatic rings. The number of carbonyl (C=O) groups excluding carboxylic acids is 1. The normalized spacial score (nSPS) is 10.7. The minimum absolute atomic E-state index is 0.0126. The molecule has 0 N–H and O–H groups in total. The average molecular weight is 324 g/mol. The lowest BCUT2D eigenvalue weighted by Crippen LogP contribution is -2.30. The Bertz CT molecular complexity index is 726. The summed E-state index contributed by atoms with van der Waals surface area (Å²) >= 11 is 0. The van der Waals surface area contributed by atoms with Gasteiger partial charge in [0.05, 0.1) is 10.5 Å². The van der Waals surface area contributed by atoms with Gasteiger partial charge in [0.1, 0.15) is 0 Å². The van der Waals surface area contributed by atoms with Crippen molar-refractivity contribution >= 4 is 23.4 Å². The number of rotatable bonds is 7. The molecule has 0 atom stereocenters. The Balaban J connectivity index is 2.23. The molecule has 5 nitrogen and oxygen atoms in total. The minimum Gasteiger partial charge on any atom is -0.309 e. The van der Waals surface area contributed by atoms with Gasteiger partial charge in [-0.2, -0.15) is 0 Å². The summed E-state index contributed by atoms with van der Waals surface area (Å²) in [6, 6.07) is 15.8. The highest BCUT2D eigenvalue weighted by Gasteiger charge is 2.14. The number of nitrogens with zero attached hydrogens (tertiary/aromatic N) is 2. The third-order valence-electron chi connectivity index (χ3n) is 3.61. The molecule has 0 radical (unpaired) electrons. The van der Waals surface area contributed by atoms with E-state index in [1.807, 2.05) is 30.3 Å². The molecule has 0 spiro atoms. The topological polar surface area (TPSA) is 63.5 Å². The van der Waals surface area contributed by atoms with Crippen molar-refractivity contribution in [2.45, 2.75) is 19.8 Å². The molecule has 2 rings (SSSR count). The zero-order valence-corrected chi connectivity index (χ0v) is 13.6. The molecular formula is C19H20N2O3. The molecule has 0 bridgehead atoms. The molecule has 124 valence electrons. The molecule has 1 amide bonds. The highest BCUT2D eigenvalue weighted by Crippen LogP contribution is 2.20. The third kappa shape index (κ3) is 4.52. The monoisotopic (exact) mass is 324 g/mol. The third-order valence-corrected chi connectivity index (χ3v) is 3.61. The van der Waals surface area contributed by atoms with Crippen LogP contribution < -0.4 is 4.90 Å². The van der Waals surface area contributed by atoms with Crippen molar-refractivity contribution in [3.05, 3.63) is 76.4 Å². The zero-order chi connectivity index (χ0) is 17.4. The van der Waals surface area contributed by atoms with Crippen molar-refractivity contribution in [2.75, 3.05) is 11.4 Å². The van der Waals surface area contributed by atoms with Crippen molar-refractivity contribution < 1.29 is 9.72 Å². The molecule has 0 fully saturated rings. The summed E-state index contributed by atoms with van der Waals surface area (Å²) in [5, 5.41) is 11.0. The number of para-hydroxylation sites is 2. The standard InChI is InChI=1S/C19H20N2O3/c1-2-3-15-20(17-10-5-4-6-11-17)19(22)14-13-16-9-7-8-12-18(16)21(23)24/h4-14H,2-3,15H2,1H3/b14-13+. The molecule has 0 saturated carbocycles. The molecule has 2 aromatic carbocycles. The number of benzene rings is 2. The first-order chi connectivity index (χ1) is 11.6. The van der Waals surface area contributed by atoms with Crippen LogP contribution in [-0.2, 0) is 4.79 Å². The number of hydrogen-bond donors (Lipinski definition) is 0. The van der Waals surface area contributed by atoms with Crippen molar-refractivity contribution in [3.63, 3.8) is 0 Å². The van der Waals surface area contributed by atoms with E-state index in [1.165, 1.54) is 18.2 Å². The molecule has 0 aliphatic carbocycles. The first kappa shape index (κ1) is 17.4. The van der Waals surface area contributed by atoms with Crippen LogP contribution in [0.15, 0.2) is 60.7 Å². The fourth-order valence-electron chi connectivity index (χ4n) is 2.34. The number of hydrogen-bond acceptors (Lipinski definition) is 3. The lowest BCUT2D eigenvalue weighted by atomic mass is 10.1. The Labute approximate surface area is 141 Å². The van der Waals surface area contributed by atoms with Crippen LogP contribution in [0.5, 0.6) is 0 Å². The van der Waals surface area contributed by atoms with E-state index in [-0.39, 0.29) is 11.6 Å². The van der Waals surface area contributed by atoms with Crippen LogP contribution in [-0.4, -0.2) is 17.4 Å². The lowest BCUT2D eigenvalue weighted by molar-refractivity contribution is -0.385. The van der Waals surface area contributed by atoms with E-state index >= 15 is 0 Å². The first-order valence-corrected chi connectivity index (χ1v) is 7.91. The maximum absolute atomic E-state index is 12.6. The van der Waals surface area contributed by atoms with Crippen molar-refractivity contribution in [3.8, 4) is 0 Å². The van der Waals surface area contributed by atoms with Crippen LogP contribution in [0.2, 0.25) is 0 Å². The van der Waals surface area contributed by atoms with Gasteiger partial charge in [-0.1, -0.05) is 43.7 Å². The van der Waals surface area contributed by atoms with Crippen LogP contribution in [0.4, 0.5) is 11.4 Å². The highest BCUT2D eigenvalue weighted by molar-refractivity contribution is 6.04. The second-order valence-corrected chi connectivity index (χ2v) is 5.33. The Morgan fingerprint density at radius 1 is 1.12 bits per heavy atom. The molecular weight excluding hydrogens is 304 g/mol. The molecule has 0 aromatic heterocycles. The van der Waals surface area contributed by atoms with Gasteiger partial charge in [-0.05, 0) is 30.7 Å². The quantitative estimate of drug-likeness (QED) is 0.429. The van der Waals surface area contributed by atoms with Gasteiger partial charge in [0.15, 0.2) is 0 Å². The predicted molar refractivity (Wildman–Crippen MR) is 95.8 cm³/mol. The van der Waals surface area contributed by atoms with E-state index in [1.54, 1.807) is 23.1 Å². The van der Waals surface area contributed by atoms with Crippen LogP contribution in [0, 0.1) is 10.1 Å². The van der Waals surface area contributed by atoms with Gasteiger partial charge in [-0.15, -0.1) is 0 Å². The second-order valence-electron chi connectivity index (χ2n) is 5.33. The van der Waals surface area contributed by atoms with Gasteiger partial charge >= 0.3 is 0 Å². The van der Waals surface area contributed by atoms with Gasteiger partial charge in [-0.3, -0.25) is 14.9 Å². The summed E-state index contributed by atoms with van der Waals surface area (Å²) < 4.78 is 0. The summed E-state index contributed by atoms with van der Waals surface area (Å²) in [5.74, 6) is -0.187. The van der Waals surface area contributed by atoms with E-state index in [4.69, 9.17) is 0 Å². The van der Waals surface area contributed by atoms with Gasteiger partial charge in [0.2, 0.25) is 0 Å². The Morgan fingerprint density at radius 3 is 2.46 bits per heavy atom. The zero-order valence-electron chi connectivity index (χ0n) is 13.6. The van der Waals surface area contributed by atoms with Gasteiger partial charge in [0, 0.05) is 24.4 Å². The van der Waals surface area contributed by atoms with Crippen LogP contribution in [0.3, 0.4) is 0 Å². The number of unbranched alkanes of at least 4 members (excludes halogenated alkanes) is 1. The molecule has 0 saturated heterocycles. The number of carbonyl (C=O) groups is 1. The predicted octanol–water partition coefficient (Wildman–Crippen LogP) is 4.44. The minimum atomic E-state index is -0.448. The first-order valence-electron chi connectivity index (χ1n) is 7.91. The number of anilines is 1. The SMILES string of the molecule is CCCCN(C(=O)/C=C/c1ccccc1[N+](=O)[O-])c1ccccc1. The molecule has 0 unspecified atom stereocenters. The van der Waals surface area contributed by atoms with Crippen molar-refractivity contribution in [1.82, 2.24) is 0 Å². The average Bonchev–Trinajstić information content (AvgIpc) is 2.61. The Hall–Kier alpha value is -2.95. The van der Waals surface area contributed by atoms with E-state index in [9.17, 15) is 14.9 Å². The maximum Gasteiger partial charge on any atom is 0.276 e. The summed E-state index contributed by atoms with van der Waals surface area (Å²) in [6.45, 7) is 2.68. The number of nitro groups is 1. The smallest absolute Gasteiger partial charge is 0.276 e. The van der Waals surface area contributed by atoms with Gasteiger partial charge < -0.3 is 4.90 Å². The van der Waals surface area contributed by atoms with E-state index in [0.29, 0.717) is 12.1 Å². The van der Waals surface area contributed by atoms with E-state index in [0.717, 1.165) is 18.5 Å². The largest absolute Gasteiger partial charge is 0.309 e. The van der Waals surface area contributed by atoms with Gasteiger partial charge in [-0.25, -0.2) is 0 Å². The van der Waals surface area contributed by atoms with Crippen LogP contribution >= 0.6 is 0 Å². The Kier molecular flexibility index (Phi) is 6.25. The fourth-order valence-corrected chi connectivity index (χ4v) is 2.34. The second kappa shape index (κ2) is 8.62.